The summed E-state index contributed by atoms with van der Waals surface area (Å²) < 4.78 is 7.51. The first-order valence-corrected chi connectivity index (χ1v) is 10.7. The first-order chi connectivity index (χ1) is 13.8. The minimum atomic E-state index is -0.860. The second-order valence-corrected chi connectivity index (χ2v) is 8.86. The van der Waals surface area contributed by atoms with Crippen molar-refractivity contribution in [1.29, 1.82) is 0 Å². The third kappa shape index (κ3) is 5.31. The van der Waals surface area contributed by atoms with Gasteiger partial charge in [-0.05, 0) is 36.8 Å². The summed E-state index contributed by atoms with van der Waals surface area (Å²) in [5.41, 5.74) is 5.13. The van der Waals surface area contributed by atoms with Gasteiger partial charge in [-0.3, -0.25) is 14.7 Å². The van der Waals surface area contributed by atoms with Crippen LogP contribution < -0.4 is 16.0 Å². The predicted molar refractivity (Wildman–Crippen MR) is 111 cm³/mol. The molecule has 3 rings (SSSR count). The summed E-state index contributed by atoms with van der Waals surface area (Å²) in [6, 6.07) is 2.88. The number of piperidine rings is 1. The molecule has 1 atom stereocenters. The molecule has 10 heteroatoms. The maximum Gasteiger partial charge on any atom is 0.318 e. The van der Waals surface area contributed by atoms with E-state index in [0.717, 1.165) is 37.6 Å². The molecular formula is C19H28N6O3S. The van der Waals surface area contributed by atoms with Gasteiger partial charge >= 0.3 is 6.03 Å². The lowest BCUT2D eigenvalue weighted by Gasteiger charge is -2.31. The molecule has 3 heterocycles. The van der Waals surface area contributed by atoms with E-state index in [2.05, 4.69) is 27.3 Å². The van der Waals surface area contributed by atoms with Gasteiger partial charge in [-0.25, -0.2) is 4.79 Å². The lowest BCUT2D eigenvalue weighted by Crippen LogP contribution is -2.42. The smallest absolute Gasteiger partial charge is 0.318 e. The first-order valence-electron chi connectivity index (χ1n) is 9.82. The molecule has 0 aliphatic carbocycles. The van der Waals surface area contributed by atoms with Crippen LogP contribution in [0.2, 0.25) is 0 Å². The number of carbonyl (C=O) groups is 2. The van der Waals surface area contributed by atoms with E-state index in [1.807, 2.05) is 30.5 Å². The summed E-state index contributed by atoms with van der Waals surface area (Å²) in [5.74, 6) is 1.78. The fourth-order valence-corrected chi connectivity index (χ4v) is 4.33. The second kappa shape index (κ2) is 9.34. The molecule has 3 amide bonds. The van der Waals surface area contributed by atoms with E-state index < -0.39 is 17.2 Å². The normalized spacial score (nSPS) is 16.2. The number of aromatic nitrogens is 3. The number of nitrogens with one attached hydrogen (secondary N) is 1. The summed E-state index contributed by atoms with van der Waals surface area (Å²) in [7, 11) is 0. The molecule has 158 valence electrons. The molecule has 0 aromatic carbocycles. The van der Waals surface area contributed by atoms with Crippen LogP contribution in [0.3, 0.4) is 0 Å². The molecule has 1 fully saturated rings. The summed E-state index contributed by atoms with van der Waals surface area (Å²) in [5, 5.41) is 11.1. The summed E-state index contributed by atoms with van der Waals surface area (Å²) in [6.45, 7) is 8.38. The molecule has 0 bridgehead atoms. The van der Waals surface area contributed by atoms with Gasteiger partial charge in [0, 0.05) is 13.1 Å². The van der Waals surface area contributed by atoms with E-state index >= 15 is 0 Å². The zero-order valence-corrected chi connectivity index (χ0v) is 17.8. The van der Waals surface area contributed by atoms with Crippen LogP contribution in [0.25, 0.3) is 0 Å². The molecule has 1 aliphatic heterocycles. The Morgan fingerprint density at radius 2 is 2.07 bits per heavy atom. The number of imide groups is 1. The topological polar surface area (TPSA) is 119 Å². The van der Waals surface area contributed by atoms with Crippen molar-refractivity contribution in [3.63, 3.8) is 0 Å². The Balaban J connectivity index is 1.88. The van der Waals surface area contributed by atoms with Gasteiger partial charge in [0.15, 0.2) is 5.16 Å². The number of furan rings is 1. The highest BCUT2D eigenvalue weighted by Gasteiger charge is 2.29. The van der Waals surface area contributed by atoms with E-state index in [9.17, 15) is 9.59 Å². The quantitative estimate of drug-likeness (QED) is 0.660. The zero-order valence-electron chi connectivity index (χ0n) is 17.0. The van der Waals surface area contributed by atoms with Crippen LogP contribution in [0.5, 0.6) is 0 Å². The Bertz CT molecular complexity index is 827. The number of carbonyl (C=O) groups excluding carboxylic acids is 2. The number of rotatable bonds is 7. The Kier molecular flexibility index (Phi) is 6.83. The minimum Gasteiger partial charge on any atom is -0.467 e. The van der Waals surface area contributed by atoms with Crippen LogP contribution in [0.15, 0.2) is 28.0 Å². The van der Waals surface area contributed by atoms with E-state index in [-0.39, 0.29) is 5.92 Å². The van der Waals surface area contributed by atoms with Crippen molar-refractivity contribution in [3.8, 4) is 0 Å². The van der Waals surface area contributed by atoms with E-state index in [4.69, 9.17) is 10.2 Å². The second-order valence-electron chi connectivity index (χ2n) is 7.75. The van der Waals surface area contributed by atoms with Crippen molar-refractivity contribution >= 4 is 29.6 Å². The number of nitrogens with two attached hydrogens (primary N) is 1. The van der Waals surface area contributed by atoms with Crippen LogP contribution in [0.4, 0.5) is 10.7 Å². The standard InChI is InChI=1S/C19H28N6O3S/c1-12(2)15(16(26)21-17(20)27)29-19-23-22-18(24-8-6-13(3)7-9-24)25(19)11-14-5-4-10-28-14/h4-5,10,12-13,15H,6-9,11H2,1-3H3,(H3,20,21,26,27)/t15-/m0/s1. The number of amides is 3. The molecule has 29 heavy (non-hydrogen) atoms. The molecule has 1 saturated heterocycles. The molecule has 2 aromatic heterocycles. The van der Waals surface area contributed by atoms with E-state index in [0.29, 0.717) is 17.6 Å². The zero-order chi connectivity index (χ0) is 21.0. The number of thioether (sulfide) groups is 1. The number of anilines is 1. The van der Waals surface area contributed by atoms with E-state index in [1.54, 1.807) is 6.26 Å². The van der Waals surface area contributed by atoms with E-state index in [1.165, 1.54) is 11.8 Å². The maximum absolute atomic E-state index is 12.5. The lowest BCUT2D eigenvalue weighted by atomic mass is 10.00. The van der Waals surface area contributed by atoms with Crippen LogP contribution in [0.1, 0.15) is 39.4 Å². The molecule has 0 saturated carbocycles. The highest BCUT2D eigenvalue weighted by Crippen LogP contribution is 2.31. The molecule has 0 radical (unpaired) electrons. The van der Waals surface area contributed by atoms with Crippen molar-refractivity contribution in [2.75, 3.05) is 18.0 Å². The van der Waals surface area contributed by atoms with Crippen molar-refractivity contribution in [2.45, 2.75) is 50.6 Å². The van der Waals surface area contributed by atoms with Gasteiger partial charge in [0.2, 0.25) is 11.9 Å². The SMILES string of the molecule is CC1CCN(c2nnc(S[C@H](C(=O)NC(N)=O)C(C)C)n2Cc2ccco2)CC1. The maximum atomic E-state index is 12.5. The molecule has 9 nitrogen and oxygen atoms in total. The van der Waals surface area contributed by atoms with Crippen LogP contribution in [-0.4, -0.2) is 45.0 Å². The number of hydrogen-bond donors (Lipinski definition) is 2. The monoisotopic (exact) mass is 420 g/mol. The van der Waals surface area contributed by atoms with Crippen LogP contribution in [0, 0.1) is 11.8 Å². The van der Waals surface area contributed by atoms with Crippen molar-refractivity contribution in [2.24, 2.45) is 17.6 Å². The van der Waals surface area contributed by atoms with Gasteiger partial charge < -0.3 is 15.1 Å². The molecule has 1 aliphatic rings. The van der Waals surface area contributed by atoms with Crippen LogP contribution >= 0.6 is 11.8 Å². The number of urea groups is 1. The van der Waals surface area contributed by atoms with Gasteiger partial charge in [0.05, 0.1) is 18.1 Å². The van der Waals surface area contributed by atoms with Gasteiger partial charge in [-0.1, -0.05) is 32.5 Å². The highest BCUT2D eigenvalue weighted by atomic mass is 32.2. The molecule has 0 spiro atoms. The Morgan fingerprint density at radius 1 is 1.34 bits per heavy atom. The van der Waals surface area contributed by atoms with Crippen molar-refractivity contribution < 1.29 is 14.0 Å². The molecule has 3 N–H and O–H groups in total. The van der Waals surface area contributed by atoms with Gasteiger partial charge in [0.25, 0.3) is 0 Å². The Labute approximate surface area is 174 Å². The fourth-order valence-electron chi connectivity index (χ4n) is 3.31. The number of primary amides is 1. The van der Waals surface area contributed by atoms with Gasteiger partial charge in [0.1, 0.15) is 5.76 Å². The summed E-state index contributed by atoms with van der Waals surface area (Å²) in [4.78, 5) is 25.8. The highest BCUT2D eigenvalue weighted by molar-refractivity contribution is 8.00. The third-order valence-electron chi connectivity index (χ3n) is 5.00. The average Bonchev–Trinajstić information content (AvgIpc) is 3.30. The minimum absolute atomic E-state index is 0.0348. The molecule has 0 unspecified atom stereocenters. The number of nitrogens with zero attached hydrogens (tertiary/aromatic N) is 4. The molecule has 2 aromatic rings. The fraction of sp³-hybridized carbons (Fsp3) is 0.579. The summed E-state index contributed by atoms with van der Waals surface area (Å²) >= 11 is 1.28. The lowest BCUT2D eigenvalue weighted by molar-refractivity contribution is -0.120. The number of hydrogen-bond acceptors (Lipinski definition) is 7. The predicted octanol–water partition coefficient (Wildman–Crippen LogP) is 2.47. The Hall–Kier alpha value is -2.49. The third-order valence-corrected chi connectivity index (χ3v) is 6.53. The van der Waals surface area contributed by atoms with Crippen LogP contribution in [-0.2, 0) is 11.3 Å². The van der Waals surface area contributed by atoms with Crippen molar-refractivity contribution in [3.05, 3.63) is 24.2 Å². The summed E-state index contributed by atoms with van der Waals surface area (Å²) in [6.07, 6.45) is 3.84. The van der Waals surface area contributed by atoms with Gasteiger partial charge in [-0.15, -0.1) is 10.2 Å². The Morgan fingerprint density at radius 3 is 2.66 bits per heavy atom. The average molecular weight is 421 g/mol. The first kappa shape index (κ1) is 21.2. The van der Waals surface area contributed by atoms with Crippen molar-refractivity contribution in [1.82, 2.24) is 20.1 Å². The molecular weight excluding hydrogens is 392 g/mol. The van der Waals surface area contributed by atoms with Gasteiger partial charge in [-0.2, -0.15) is 0 Å². The largest absolute Gasteiger partial charge is 0.467 e.